The summed E-state index contributed by atoms with van der Waals surface area (Å²) in [5, 5.41) is 0. The Labute approximate surface area is 192 Å². The molecule has 0 spiro atoms. The van der Waals surface area contributed by atoms with Crippen molar-refractivity contribution in [2.75, 3.05) is 0 Å². The third-order valence-corrected chi connectivity index (χ3v) is 5.57. The lowest BCUT2D eigenvalue weighted by Gasteiger charge is -2.07. The van der Waals surface area contributed by atoms with Crippen LogP contribution in [0.5, 0.6) is 0 Å². The first-order valence-corrected chi connectivity index (χ1v) is 10.9. The highest BCUT2D eigenvalue weighted by Gasteiger charge is 2.04. The van der Waals surface area contributed by atoms with E-state index in [1.807, 2.05) is 0 Å². The molecule has 32 heavy (non-hydrogen) atoms. The summed E-state index contributed by atoms with van der Waals surface area (Å²) in [6.45, 7) is 8.42. The highest BCUT2D eigenvalue weighted by molar-refractivity contribution is 5.68. The van der Waals surface area contributed by atoms with Gasteiger partial charge in [0.25, 0.3) is 0 Å². The molecule has 0 atom stereocenters. The van der Waals surface area contributed by atoms with Crippen molar-refractivity contribution in [3.63, 3.8) is 0 Å². The molecule has 0 saturated heterocycles. The Morgan fingerprint density at radius 2 is 0.781 bits per heavy atom. The van der Waals surface area contributed by atoms with Crippen LogP contribution in [0.15, 0.2) is 84.9 Å². The molecular formula is C32H26. The number of aryl methyl sites for hydroxylation is 4. The third kappa shape index (κ3) is 5.18. The van der Waals surface area contributed by atoms with E-state index in [0.29, 0.717) is 0 Å². The van der Waals surface area contributed by atoms with Crippen LogP contribution >= 0.6 is 0 Å². The van der Waals surface area contributed by atoms with Crippen LogP contribution in [0.25, 0.3) is 11.1 Å². The topological polar surface area (TPSA) is 0 Å². The fourth-order valence-electron chi connectivity index (χ4n) is 3.52. The molecule has 0 aliphatic heterocycles. The van der Waals surface area contributed by atoms with Crippen LogP contribution in [0.4, 0.5) is 0 Å². The quantitative estimate of drug-likeness (QED) is 0.287. The van der Waals surface area contributed by atoms with Gasteiger partial charge in [-0.15, -0.1) is 0 Å². The van der Waals surface area contributed by atoms with E-state index in [9.17, 15) is 0 Å². The van der Waals surface area contributed by atoms with E-state index in [1.54, 1.807) is 0 Å². The summed E-state index contributed by atoms with van der Waals surface area (Å²) in [5.41, 5.74) is 11.5. The van der Waals surface area contributed by atoms with Crippen molar-refractivity contribution in [3.05, 3.63) is 129 Å². The summed E-state index contributed by atoms with van der Waals surface area (Å²) in [6, 6.07) is 29.6. The minimum absolute atomic E-state index is 1.04. The van der Waals surface area contributed by atoms with Gasteiger partial charge in [-0.25, -0.2) is 0 Å². The Morgan fingerprint density at radius 1 is 0.406 bits per heavy atom. The van der Waals surface area contributed by atoms with Gasteiger partial charge in [-0.05, 0) is 86.3 Å². The van der Waals surface area contributed by atoms with Gasteiger partial charge in [-0.3, -0.25) is 0 Å². The lowest BCUT2D eigenvalue weighted by atomic mass is 9.97. The summed E-state index contributed by atoms with van der Waals surface area (Å²) in [5.74, 6) is 13.2. The first kappa shape index (κ1) is 21.2. The van der Waals surface area contributed by atoms with Gasteiger partial charge >= 0.3 is 0 Å². The molecule has 0 heteroatoms. The predicted octanol–water partition coefficient (Wildman–Crippen LogP) is 7.39. The molecule has 0 saturated carbocycles. The van der Waals surface area contributed by atoms with E-state index >= 15 is 0 Å². The second-order valence-electron chi connectivity index (χ2n) is 8.29. The lowest BCUT2D eigenvalue weighted by molar-refractivity contribution is 1.40. The largest absolute Gasteiger partial charge is 0.0616 e. The molecule has 4 aromatic rings. The molecule has 0 radical (unpaired) electrons. The smallest absolute Gasteiger partial charge is 0.0278 e. The Balaban J connectivity index is 1.55. The van der Waals surface area contributed by atoms with Gasteiger partial charge in [0.1, 0.15) is 0 Å². The molecule has 0 aromatic heterocycles. The molecule has 0 nitrogen and oxygen atoms in total. The molecule has 4 rings (SSSR count). The fraction of sp³-hybridized carbons (Fsp3) is 0.125. The molecule has 0 aliphatic carbocycles. The van der Waals surface area contributed by atoms with E-state index in [-0.39, 0.29) is 0 Å². The molecule has 0 heterocycles. The number of hydrogen-bond donors (Lipinski definition) is 0. The zero-order chi connectivity index (χ0) is 22.5. The monoisotopic (exact) mass is 410 g/mol. The first-order chi connectivity index (χ1) is 15.5. The maximum absolute atomic E-state index is 3.32. The molecule has 0 amide bonds. The fourth-order valence-corrected chi connectivity index (χ4v) is 3.52. The third-order valence-electron chi connectivity index (χ3n) is 5.57. The van der Waals surface area contributed by atoms with Gasteiger partial charge in [0.05, 0.1) is 0 Å². The lowest BCUT2D eigenvalue weighted by Crippen LogP contribution is -1.88. The van der Waals surface area contributed by atoms with Crippen molar-refractivity contribution in [2.45, 2.75) is 27.7 Å². The molecule has 0 aliphatic rings. The summed E-state index contributed by atoms with van der Waals surface area (Å²) in [7, 11) is 0. The van der Waals surface area contributed by atoms with Crippen molar-refractivity contribution < 1.29 is 0 Å². The Hall–Kier alpha value is -4.00. The van der Waals surface area contributed by atoms with Crippen molar-refractivity contribution >= 4 is 0 Å². The van der Waals surface area contributed by atoms with E-state index in [0.717, 1.165) is 22.3 Å². The molecule has 154 valence electrons. The van der Waals surface area contributed by atoms with Crippen molar-refractivity contribution in [2.24, 2.45) is 0 Å². The van der Waals surface area contributed by atoms with Crippen LogP contribution in [-0.4, -0.2) is 0 Å². The summed E-state index contributed by atoms with van der Waals surface area (Å²) < 4.78 is 0. The maximum Gasteiger partial charge on any atom is 0.0278 e. The van der Waals surface area contributed by atoms with E-state index in [4.69, 9.17) is 0 Å². The van der Waals surface area contributed by atoms with Gasteiger partial charge in [0.2, 0.25) is 0 Å². The van der Waals surface area contributed by atoms with Crippen LogP contribution in [0.3, 0.4) is 0 Å². The van der Waals surface area contributed by atoms with Gasteiger partial charge in [-0.2, -0.15) is 0 Å². The molecule has 0 unspecified atom stereocenters. The summed E-state index contributed by atoms with van der Waals surface area (Å²) in [6.07, 6.45) is 0. The normalized spacial score (nSPS) is 10.0. The minimum Gasteiger partial charge on any atom is -0.0616 e. The van der Waals surface area contributed by atoms with Gasteiger partial charge < -0.3 is 0 Å². The van der Waals surface area contributed by atoms with E-state index in [1.165, 1.54) is 33.4 Å². The number of rotatable bonds is 1. The number of benzene rings is 4. The Bertz CT molecular complexity index is 1270. The predicted molar refractivity (Wildman–Crippen MR) is 136 cm³/mol. The molecular weight excluding hydrogens is 384 g/mol. The van der Waals surface area contributed by atoms with Crippen molar-refractivity contribution in [1.82, 2.24) is 0 Å². The number of hydrogen-bond acceptors (Lipinski definition) is 0. The SMILES string of the molecule is Cc1ccc(C#Cc2ccc(-c3ccc(C#Cc4ccc(C)cc4)c(C)c3)cc2C)cc1. The van der Waals surface area contributed by atoms with Crippen LogP contribution < -0.4 is 0 Å². The average molecular weight is 411 g/mol. The molecule has 0 fully saturated rings. The maximum atomic E-state index is 3.32. The highest BCUT2D eigenvalue weighted by Crippen LogP contribution is 2.24. The molecule has 0 N–H and O–H groups in total. The minimum atomic E-state index is 1.04. The van der Waals surface area contributed by atoms with E-state index < -0.39 is 0 Å². The molecule has 0 bridgehead atoms. The second kappa shape index (κ2) is 9.43. The standard InChI is InChI=1S/C32H26/c1-23-5-9-27(10-6-23)13-15-29-17-19-31(21-25(29)3)32-20-18-30(26(4)22-32)16-14-28-11-7-24(2)8-12-28/h5-12,17-22H,1-4H3. The second-order valence-corrected chi connectivity index (χ2v) is 8.29. The first-order valence-electron chi connectivity index (χ1n) is 10.9. The van der Waals surface area contributed by atoms with Gasteiger partial charge in [-0.1, -0.05) is 83.3 Å². The van der Waals surface area contributed by atoms with Crippen molar-refractivity contribution in [1.29, 1.82) is 0 Å². The van der Waals surface area contributed by atoms with E-state index in [2.05, 4.69) is 136 Å². The van der Waals surface area contributed by atoms with Crippen LogP contribution in [-0.2, 0) is 0 Å². The van der Waals surface area contributed by atoms with Crippen LogP contribution in [0.1, 0.15) is 44.5 Å². The summed E-state index contributed by atoms with van der Waals surface area (Å²) >= 11 is 0. The van der Waals surface area contributed by atoms with Gasteiger partial charge in [0.15, 0.2) is 0 Å². The zero-order valence-electron chi connectivity index (χ0n) is 19.1. The van der Waals surface area contributed by atoms with Crippen molar-refractivity contribution in [3.8, 4) is 34.8 Å². The Kier molecular flexibility index (Phi) is 6.26. The van der Waals surface area contributed by atoms with Gasteiger partial charge in [0, 0.05) is 22.3 Å². The van der Waals surface area contributed by atoms with Crippen LogP contribution in [0, 0.1) is 51.4 Å². The molecule has 4 aromatic carbocycles. The Morgan fingerprint density at radius 3 is 1.12 bits per heavy atom. The highest BCUT2D eigenvalue weighted by atomic mass is 14.1. The average Bonchev–Trinajstić information content (AvgIpc) is 2.79. The van der Waals surface area contributed by atoms with Crippen LogP contribution in [0.2, 0.25) is 0 Å². The summed E-state index contributed by atoms with van der Waals surface area (Å²) in [4.78, 5) is 0. The zero-order valence-corrected chi connectivity index (χ0v) is 19.1.